The number of H-pyrrole nitrogens is 1. The van der Waals surface area contributed by atoms with E-state index in [-0.39, 0.29) is 30.3 Å². The van der Waals surface area contributed by atoms with E-state index in [4.69, 9.17) is 26.1 Å². The molecule has 1 N–H and O–H groups in total. The molecule has 0 radical (unpaired) electrons. The van der Waals surface area contributed by atoms with Crippen LogP contribution in [-0.2, 0) is 24.2 Å². The molecule has 2 aliphatic rings. The molecule has 44 heavy (non-hydrogen) atoms. The van der Waals surface area contributed by atoms with Crippen molar-refractivity contribution in [3.05, 3.63) is 76.4 Å². The van der Waals surface area contributed by atoms with Gasteiger partial charge in [0.15, 0.2) is 5.82 Å². The smallest absolute Gasteiger partial charge is 0.254 e. The third-order valence-corrected chi connectivity index (χ3v) is 8.27. The van der Waals surface area contributed by atoms with E-state index in [1.54, 1.807) is 12.1 Å². The average molecular weight is 622 g/mol. The number of aromatic nitrogens is 8. The van der Waals surface area contributed by atoms with Crippen LogP contribution >= 0.6 is 11.6 Å². The van der Waals surface area contributed by atoms with Gasteiger partial charge in [-0.25, -0.2) is 14.4 Å². The maximum Gasteiger partial charge on any atom is 0.254 e. The van der Waals surface area contributed by atoms with E-state index in [0.717, 1.165) is 55.0 Å². The molecular formula is C30H30ClF2N9O2. The van der Waals surface area contributed by atoms with Crippen LogP contribution in [0.4, 0.5) is 8.78 Å². The first kappa shape index (κ1) is 28.7. The zero-order valence-electron chi connectivity index (χ0n) is 24.0. The van der Waals surface area contributed by atoms with E-state index in [0.29, 0.717) is 48.0 Å². The fourth-order valence-electron chi connectivity index (χ4n) is 5.55. The molecule has 14 heteroatoms. The Bertz CT molecular complexity index is 1800. The third-order valence-electron chi connectivity index (χ3n) is 8.04. The number of nitrogens with one attached hydrogen (secondary N) is 1. The lowest BCUT2D eigenvalue weighted by atomic mass is 10.1. The molecule has 6 heterocycles. The largest absolute Gasteiger partial charge is 0.472 e. The Kier molecular flexibility index (Phi) is 7.91. The number of piperidine rings is 1. The molecule has 7 rings (SSSR count). The molecule has 0 bridgehead atoms. The number of imidazole rings is 1. The Morgan fingerprint density at radius 1 is 1.05 bits per heavy atom. The first-order valence-corrected chi connectivity index (χ1v) is 15.0. The highest BCUT2D eigenvalue weighted by atomic mass is 35.5. The Hall–Kier alpha value is -4.07. The van der Waals surface area contributed by atoms with Crippen molar-refractivity contribution in [2.45, 2.75) is 57.9 Å². The molecule has 1 atom stereocenters. The molecule has 11 nitrogen and oxygen atoms in total. The highest BCUT2D eigenvalue weighted by molar-refractivity contribution is 6.30. The van der Waals surface area contributed by atoms with Crippen molar-refractivity contribution < 1.29 is 18.3 Å². The number of hydrogen-bond acceptors (Lipinski definition) is 9. The van der Waals surface area contributed by atoms with Crippen LogP contribution in [0.3, 0.4) is 0 Å². The Balaban J connectivity index is 1.02. The van der Waals surface area contributed by atoms with E-state index >= 15 is 0 Å². The van der Waals surface area contributed by atoms with Gasteiger partial charge < -0.3 is 19.0 Å². The monoisotopic (exact) mass is 621 g/mol. The second-order valence-corrected chi connectivity index (χ2v) is 11.6. The predicted molar refractivity (Wildman–Crippen MR) is 157 cm³/mol. The molecule has 4 aromatic heterocycles. The lowest BCUT2D eigenvalue weighted by molar-refractivity contribution is -0.0592. The van der Waals surface area contributed by atoms with Crippen molar-refractivity contribution in [1.82, 2.24) is 44.6 Å². The summed E-state index contributed by atoms with van der Waals surface area (Å²) in [7, 11) is 0. The number of rotatable bonds is 9. The number of halogens is 3. The van der Waals surface area contributed by atoms with Gasteiger partial charge >= 0.3 is 0 Å². The molecule has 0 aliphatic carbocycles. The van der Waals surface area contributed by atoms with Gasteiger partial charge in [0.2, 0.25) is 5.82 Å². The normalized spacial score (nSPS) is 17.7. The minimum Gasteiger partial charge on any atom is -0.472 e. The lowest BCUT2D eigenvalue weighted by Gasteiger charge is -2.32. The van der Waals surface area contributed by atoms with Crippen LogP contribution in [0.1, 0.15) is 42.3 Å². The third kappa shape index (κ3) is 6.12. The summed E-state index contributed by atoms with van der Waals surface area (Å²) in [4.78, 5) is 23.3. The summed E-state index contributed by atoms with van der Waals surface area (Å²) in [5, 5.41) is 8.51. The highest BCUT2D eigenvalue weighted by Gasteiger charge is 2.27. The van der Waals surface area contributed by atoms with Crippen molar-refractivity contribution >= 4 is 22.6 Å². The number of ether oxygens (including phenoxy) is 2. The van der Waals surface area contributed by atoms with Gasteiger partial charge in [0, 0.05) is 31.1 Å². The number of nitrogens with zero attached hydrogens (tertiary/aromatic N) is 8. The molecular weight excluding hydrogens is 592 g/mol. The molecule has 2 aliphatic heterocycles. The van der Waals surface area contributed by atoms with Crippen molar-refractivity contribution in [1.29, 1.82) is 0 Å². The van der Waals surface area contributed by atoms with E-state index in [9.17, 15) is 8.78 Å². The van der Waals surface area contributed by atoms with Gasteiger partial charge in [-0.2, -0.15) is 9.37 Å². The van der Waals surface area contributed by atoms with Crippen LogP contribution in [0.25, 0.3) is 22.6 Å². The second kappa shape index (κ2) is 12.1. The number of likely N-dealkylation sites (tertiary alicyclic amines) is 1. The number of benzene rings is 1. The quantitative estimate of drug-likeness (QED) is 0.250. The van der Waals surface area contributed by atoms with Crippen molar-refractivity contribution in [3.63, 3.8) is 0 Å². The number of aromatic amines is 1. The summed E-state index contributed by atoms with van der Waals surface area (Å²) in [6.07, 6.45) is 5.34. The maximum absolute atomic E-state index is 14.6. The topological polar surface area (TPSA) is 120 Å². The van der Waals surface area contributed by atoms with Gasteiger partial charge in [-0.1, -0.05) is 17.7 Å². The minimum absolute atomic E-state index is 0.0973. The predicted octanol–water partition coefficient (Wildman–Crippen LogP) is 4.67. The van der Waals surface area contributed by atoms with Crippen LogP contribution in [0.5, 0.6) is 5.88 Å². The number of aryl methyl sites for hydroxylation is 1. The minimum atomic E-state index is -0.645. The van der Waals surface area contributed by atoms with Gasteiger partial charge in [-0.15, -0.1) is 10.2 Å². The van der Waals surface area contributed by atoms with E-state index < -0.39 is 11.6 Å². The van der Waals surface area contributed by atoms with Gasteiger partial charge in [0.1, 0.15) is 35.1 Å². The van der Waals surface area contributed by atoms with Crippen LogP contribution in [0.2, 0.25) is 5.02 Å². The average Bonchev–Trinajstić information content (AvgIpc) is 3.57. The summed E-state index contributed by atoms with van der Waals surface area (Å²) >= 11 is 5.85. The molecule has 228 valence electrons. The molecule has 5 aromatic rings. The summed E-state index contributed by atoms with van der Waals surface area (Å²) in [5.74, 6) is 1.31. The molecule has 1 unspecified atom stereocenters. The molecule has 1 aromatic carbocycles. The van der Waals surface area contributed by atoms with E-state index in [2.05, 4.69) is 39.6 Å². The Labute approximate surface area is 256 Å². The molecule has 2 fully saturated rings. The Morgan fingerprint density at radius 2 is 1.89 bits per heavy atom. The zero-order chi connectivity index (χ0) is 30.2. The number of hydrogen-bond donors (Lipinski definition) is 1. The molecule has 2 saturated heterocycles. The lowest BCUT2D eigenvalue weighted by Crippen LogP contribution is -2.39. The molecule has 0 saturated carbocycles. The van der Waals surface area contributed by atoms with E-state index in [1.165, 1.54) is 6.07 Å². The second-order valence-electron chi connectivity index (χ2n) is 11.2. The van der Waals surface area contributed by atoms with Gasteiger partial charge in [-0.3, -0.25) is 9.88 Å². The first-order valence-electron chi connectivity index (χ1n) is 14.6. The van der Waals surface area contributed by atoms with E-state index in [1.807, 2.05) is 19.2 Å². The summed E-state index contributed by atoms with van der Waals surface area (Å²) in [6, 6.07) is 6.33. The fraction of sp³-hybridized carbons (Fsp3) is 0.400. The summed E-state index contributed by atoms with van der Waals surface area (Å²) in [5.41, 5.74) is 2.84. The first-order chi connectivity index (χ1) is 21.4. The van der Waals surface area contributed by atoms with Crippen molar-refractivity contribution in [2.24, 2.45) is 0 Å². The zero-order valence-corrected chi connectivity index (χ0v) is 24.8. The van der Waals surface area contributed by atoms with Crippen molar-refractivity contribution in [3.8, 4) is 17.4 Å². The number of pyridine rings is 1. The molecule has 0 amide bonds. The SMILES string of the molecule is Cc1nnc(-c2cc3nc(CN4CCC(Oc5nc(Cc6ccc(Cl)cc6F)ncc5F)CC4)n(CC4CCO4)c3cn2)[nH]1. The summed E-state index contributed by atoms with van der Waals surface area (Å²) in [6.45, 7) is 5.46. The maximum atomic E-state index is 14.6. The van der Waals surface area contributed by atoms with Crippen LogP contribution < -0.4 is 4.74 Å². The Morgan fingerprint density at radius 3 is 2.61 bits per heavy atom. The highest BCUT2D eigenvalue weighted by Crippen LogP contribution is 2.26. The van der Waals surface area contributed by atoms with Crippen LogP contribution in [0, 0.1) is 18.6 Å². The van der Waals surface area contributed by atoms with Crippen LogP contribution in [-0.4, -0.2) is 76.5 Å². The standard InChI is InChI=1S/C30H30ClF2N9O2/c1-17-36-29(40-39-17)25-12-24-26(14-34-25)42(15-21-6-9-43-21)28(37-24)16-41-7-4-20(5-8-41)44-30-23(33)13-35-27(38-30)10-18-2-3-19(31)11-22(18)32/h2-3,11-14,20-21H,4-10,15-16H2,1H3,(H,36,39,40). The van der Waals surface area contributed by atoms with Crippen LogP contribution in [0.15, 0.2) is 36.7 Å². The van der Waals surface area contributed by atoms with Gasteiger partial charge in [-0.05, 0) is 49.9 Å². The van der Waals surface area contributed by atoms with Gasteiger partial charge in [0.25, 0.3) is 5.88 Å². The number of fused-ring (bicyclic) bond motifs is 1. The fourth-order valence-corrected chi connectivity index (χ4v) is 5.71. The van der Waals surface area contributed by atoms with Crippen molar-refractivity contribution in [2.75, 3.05) is 19.7 Å². The summed E-state index contributed by atoms with van der Waals surface area (Å²) < 4.78 is 42.8. The molecule has 0 spiro atoms. The van der Waals surface area contributed by atoms with Gasteiger partial charge in [0.05, 0.1) is 42.6 Å².